The average molecular weight is 283 g/mol. The van der Waals surface area contributed by atoms with Gasteiger partial charge in [-0.05, 0) is 37.5 Å². The Kier molecular flexibility index (Phi) is 5.54. The van der Waals surface area contributed by atoms with E-state index in [1.54, 1.807) is 0 Å². The van der Waals surface area contributed by atoms with Crippen molar-refractivity contribution in [2.45, 2.75) is 46.1 Å². The molecular weight excluding hydrogens is 258 g/mol. The van der Waals surface area contributed by atoms with Crippen molar-refractivity contribution >= 4 is 0 Å². The highest BCUT2D eigenvalue weighted by Crippen LogP contribution is 2.09. The van der Waals surface area contributed by atoms with Gasteiger partial charge in [-0.25, -0.2) is 0 Å². The molecule has 0 radical (unpaired) electrons. The molecule has 0 fully saturated rings. The molecule has 2 nitrogen and oxygen atoms in total. The third-order valence-corrected chi connectivity index (χ3v) is 3.23. The summed E-state index contributed by atoms with van der Waals surface area (Å²) in [5.41, 5.74) is 3.88. The first kappa shape index (κ1) is 15.7. The van der Waals surface area contributed by atoms with Crippen molar-refractivity contribution in [2.75, 3.05) is 0 Å². The fraction of sp³-hybridized carbons (Fsp3) is 0.368. The van der Waals surface area contributed by atoms with E-state index in [0.717, 1.165) is 6.54 Å². The molecule has 0 atom stereocenters. The van der Waals surface area contributed by atoms with Crippen LogP contribution in [-0.4, -0.2) is 5.54 Å². The second-order valence-electron chi connectivity index (χ2n) is 6.40. The van der Waals surface area contributed by atoms with Gasteiger partial charge in [-0.3, -0.25) is 0 Å². The van der Waals surface area contributed by atoms with Gasteiger partial charge in [0.1, 0.15) is 0 Å². The summed E-state index contributed by atoms with van der Waals surface area (Å²) in [5, 5.41) is 3.49. The molecule has 0 unspecified atom stereocenters. The Balaban J connectivity index is 1.77. The second-order valence-corrected chi connectivity index (χ2v) is 6.40. The summed E-state index contributed by atoms with van der Waals surface area (Å²) in [6, 6.07) is 18.9. The number of hydrogen-bond donors (Lipinski definition) is 1. The summed E-state index contributed by atoms with van der Waals surface area (Å²) in [5.74, 6) is 0. The van der Waals surface area contributed by atoms with Gasteiger partial charge in [0.2, 0.25) is 0 Å². The minimum absolute atomic E-state index is 0.150. The maximum absolute atomic E-state index is 5.74. The van der Waals surface area contributed by atoms with Crippen molar-refractivity contribution in [3.63, 3.8) is 0 Å². The highest BCUT2D eigenvalue weighted by atomic mass is 16.5. The van der Waals surface area contributed by atoms with Gasteiger partial charge in [-0.2, -0.15) is 0 Å². The molecule has 0 saturated heterocycles. The second kappa shape index (κ2) is 7.39. The number of ether oxygens (including phenoxy) is 1. The Morgan fingerprint density at radius 2 is 1.29 bits per heavy atom. The Hall–Kier alpha value is -1.64. The van der Waals surface area contributed by atoms with Crippen molar-refractivity contribution in [3.05, 3.63) is 71.3 Å². The molecule has 2 heteroatoms. The Labute approximate surface area is 128 Å². The molecule has 0 heterocycles. The number of benzene rings is 2. The van der Waals surface area contributed by atoms with Crippen LogP contribution in [0.4, 0.5) is 0 Å². The van der Waals surface area contributed by atoms with Crippen LogP contribution in [0.3, 0.4) is 0 Å². The molecule has 0 aliphatic rings. The molecule has 0 spiro atoms. The fourth-order valence-electron chi connectivity index (χ4n) is 1.98. The summed E-state index contributed by atoms with van der Waals surface area (Å²) in [6.45, 7) is 8.75. The van der Waals surface area contributed by atoms with Crippen molar-refractivity contribution in [1.82, 2.24) is 5.32 Å². The van der Waals surface area contributed by atoms with E-state index in [9.17, 15) is 0 Å². The standard InChI is InChI=1S/C19H25NO/c1-19(2,3)20-13-16-9-11-18(12-10-16)15-21-14-17-7-5-4-6-8-17/h4-12,20H,13-15H2,1-3H3. The Morgan fingerprint density at radius 1 is 0.762 bits per heavy atom. The van der Waals surface area contributed by atoms with E-state index < -0.39 is 0 Å². The molecule has 2 aromatic rings. The fourth-order valence-corrected chi connectivity index (χ4v) is 1.98. The van der Waals surface area contributed by atoms with Gasteiger partial charge in [0.05, 0.1) is 13.2 Å². The predicted molar refractivity (Wildman–Crippen MR) is 88.0 cm³/mol. The van der Waals surface area contributed by atoms with Gasteiger partial charge in [0.15, 0.2) is 0 Å². The van der Waals surface area contributed by atoms with Crippen molar-refractivity contribution < 1.29 is 4.74 Å². The first-order chi connectivity index (χ1) is 10.0. The summed E-state index contributed by atoms with van der Waals surface area (Å²) in [7, 11) is 0. The lowest BCUT2D eigenvalue weighted by atomic mass is 10.1. The first-order valence-corrected chi connectivity index (χ1v) is 7.47. The lowest BCUT2D eigenvalue weighted by molar-refractivity contribution is 0.107. The maximum Gasteiger partial charge on any atom is 0.0721 e. The van der Waals surface area contributed by atoms with Gasteiger partial charge >= 0.3 is 0 Å². The summed E-state index contributed by atoms with van der Waals surface area (Å²) >= 11 is 0. The largest absolute Gasteiger partial charge is 0.372 e. The van der Waals surface area contributed by atoms with Crippen LogP contribution in [0, 0.1) is 0 Å². The monoisotopic (exact) mass is 283 g/mol. The van der Waals surface area contributed by atoms with Crippen LogP contribution < -0.4 is 5.32 Å². The molecule has 112 valence electrons. The van der Waals surface area contributed by atoms with Gasteiger partial charge in [0.25, 0.3) is 0 Å². The molecule has 0 aliphatic carbocycles. The number of rotatable bonds is 6. The molecule has 2 aromatic carbocycles. The molecule has 21 heavy (non-hydrogen) atoms. The molecule has 0 aliphatic heterocycles. The van der Waals surface area contributed by atoms with Crippen molar-refractivity contribution in [1.29, 1.82) is 0 Å². The molecule has 2 rings (SSSR count). The lowest BCUT2D eigenvalue weighted by Crippen LogP contribution is -2.35. The van der Waals surface area contributed by atoms with Gasteiger partial charge in [-0.15, -0.1) is 0 Å². The number of hydrogen-bond acceptors (Lipinski definition) is 2. The molecular formula is C19H25NO. The van der Waals surface area contributed by atoms with Gasteiger partial charge < -0.3 is 10.1 Å². The minimum Gasteiger partial charge on any atom is -0.372 e. The Bertz CT molecular complexity index is 526. The molecule has 1 N–H and O–H groups in total. The quantitative estimate of drug-likeness (QED) is 0.854. The topological polar surface area (TPSA) is 21.3 Å². The van der Waals surface area contributed by atoms with E-state index in [4.69, 9.17) is 4.74 Å². The molecule has 0 saturated carbocycles. The van der Waals surface area contributed by atoms with Crippen LogP contribution in [0.25, 0.3) is 0 Å². The molecule has 0 amide bonds. The van der Waals surface area contributed by atoms with E-state index in [1.807, 2.05) is 18.2 Å². The van der Waals surface area contributed by atoms with Crippen LogP contribution in [0.1, 0.15) is 37.5 Å². The van der Waals surface area contributed by atoms with Crippen LogP contribution in [0.5, 0.6) is 0 Å². The normalized spacial score (nSPS) is 11.6. The zero-order valence-corrected chi connectivity index (χ0v) is 13.2. The van der Waals surface area contributed by atoms with Crippen LogP contribution in [0.2, 0.25) is 0 Å². The maximum atomic E-state index is 5.74. The van der Waals surface area contributed by atoms with E-state index in [1.165, 1.54) is 16.7 Å². The van der Waals surface area contributed by atoms with Crippen LogP contribution in [0.15, 0.2) is 54.6 Å². The summed E-state index contributed by atoms with van der Waals surface area (Å²) in [6.07, 6.45) is 0. The van der Waals surface area contributed by atoms with Crippen LogP contribution >= 0.6 is 0 Å². The molecule has 0 bridgehead atoms. The minimum atomic E-state index is 0.150. The molecule has 0 aromatic heterocycles. The van der Waals surface area contributed by atoms with E-state index in [-0.39, 0.29) is 5.54 Å². The van der Waals surface area contributed by atoms with Crippen molar-refractivity contribution in [2.24, 2.45) is 0 Å². The summed E-state index contributed by atoms with van der Waals surface area (Å²) < 4.78 is 5.74. The number of nitrogens with one attached hydrogen (secondary N) is 1. The first-order valence-electron chi connectivity index (χ1n) is 7.47. The van der Waals surface area contributed by atoms with Crippen molar-refractivity contribution in [3.8, 4) is 0 Å². The smallest absolute Gasteiger partial charge is 0.0721 e. The third kappa shape index (κ3) is 6.11. The Morgan fingerprint density at radius 3 is 1.86 bits per heavy atom. The average Bonchev–Trinajstić information content (AvgIpc) is 2.47. The SMILES string of the molecule is CC(C)(C)NCc1ccc(COCc2ccccc2)cc1. The van der Waals surface area contributed by atoms with E-state index in [0.29, 0.717) is 13.2 Å². The van der Waals surface area contributed by atoms with Gasteiger partial charge in [0, 0.05) is 12.1 Å². The van der Waals surface area contributed by atoms with E-state index >= 15 is 0 Å². The third-order valence-electron chi connectivity index (χ3n) is 3.23. The highest BCUT2D eigenvalue weighted by Gasteiger charge is 2.07. The zero-order chi connectivity index (χ0) is 15.1. The zero-order valence-electron chi connectivity index (χ0n) is 13.2. The highest BCUT2D eigenvalue weighted by molar-refractivity contribution is 5.22. The van der Waals surface area contributed by atoms with E-state index in [2.05, 4.69) is 62.5 Å². The summed E-state index contributed by atoms with van der Waals surface area (Å²) in [4.78, 5) is 0. The van der Waals surface area contributed by atoms with Crippen LogP contribution in [-0.2, 0) is 24.5 Å². The lowest BCUT2D eigenvalue weighted by Gasteiger charge is -2.20. The predicted octanol–water partition coefficient (Wildman–Crippen LogP) is 4.29. The van der Waals surface area contributed by atoms with Gasteiger partial charge in [-0.1, -0.05) is 54.6 Å².